The number of carbonyl (C=O) groups is 1. The summed E-state index contributed by atoms with van der Waals surface area (Å²) in [5.74, 6) is 0.197. The summed E-state index contributed by atoms with van der Waals surface area (Å²) in [6, 6.07) is 11.3. The van der Waals surface area contributed by atoms with Crippen LogP contribution in [0.25, 0.3) is 0 Å². The van der Waals surface area contributed by atoms with Crippen LogP contribution in [0.2, 0.25) is 0 Å². The van der Waals surface area contributed by atoms with Crippen molar-refractivity contribution >= 4 is 21.6 Å². The van der Waals surface area contributed by atoms with E-state index in [9.17, 15) is 23.3 Å². The number of rotatable bonds is 9. The van der Waals surface area contributed by atoms with Crippen LogP contribution < -0.4 is 14.8 Å². The van der Waals surface area contributed by atoms with Gasteiger partial charge in [-0.1, -0.05) is 12.1 Å². The van der Waals surface area contributed by atoms with E-state index in [0.29, 0.717) is 17.9 Å². The van der Waals surface area contributed by atoms with Crippen molar-refractivity contribution < 1.29 is 22.9 Å². The fourth-order valence-corrected chi connectivity index (χ4v) is 3.28. The van der Waals surface area contributed by atoms with Crippen LogP contribution in [0, 0.1) is 10.1 Å². The molecule has 0 aliphatic heterocycles. The van der Waals surface area contributed by atoms with Gasteiger partial charge in [-0.05, 0) is 31.2 Å². The number of benzene rings is 2. The van der Waals surface area contributed by atoms with Crippen molar-refractivity contribution in [3.8, 4) is 5.75 Å². The fourth-order valence-electron chi connectivity index (χ4n) is 2.20. The number of ether oxygens (including phenoxy) is 1. The number of carbonyl (C=O) groups excluding carboxylic acids is 1. The van der Waals surface area contributed by atoms with Gasteiger partial charge in [0.2, 0.25) is 10.0 Å². The zero-order valence-electron chi connectivity index (χ0n) is 14.5. The van der Waals surface area contributed by atoms with Gasteiger partial charge in [-0.2, -0.15) is 0 Å². The quantitative estimate of drug-likeness (QED) is 0.379. The van der Waals surface area contributed by atoms with Gasteiger partial charge in [0, 0.05) is 30.8 Å². The molecule has 0 unspecified atom stereocenters. The summed E-state index contributed by atoms with van der Waals surface area (Å²) < 4.78 is 32.0. The van der Waals surface area contributed by atoms with Gasteiger partial charge >= 0.3 is 0 Å². The zero-order chi connectivity index (χ0) is 19.9. The summed E-state index contributed by atoms with van der Waals surface area (Å²) in [5, 5.41) is 13.3. The number of hydrogen-bond acceptors (Lipinski definition) is 6. The smallest absolute Gasteiger partial charge is 0.270 e. The van der Waals surface area contributed by atoms with Gasteiger partial charge in [0.15, 0.2) is 0 Å². The maximum atomic E-state index is 12.2. The lowest BCUT2D eigenvalue weighted by Crippen LogP contribution is -2.34. The van der Waals surface area contributed by atoms with Gasteiger partial charge in [0.25, 0.3) is 11.6 Å². The predicted molar refractivity (Wildman–Crippen MR) is 98.2 cm³/mol. The van der Waals surface area contributed by atoms with Crippen LogP contribution in [0.1, 0.15) is 17.3 Å². The van der Waals surface area contributed by atoms with Gasteiger partial charge in [-0.15, -0.1) is 0 Å². The van der Waals surface area contributed by atoms with E-state index in [1.54, 1.807) is 24.3 Å². The van der Waals surface area contributed by atoms with E-state index in [1.165, 1.54) is 18.2 Å². The second-order valence-electron chi connectivity index (χ2n) is 5.37. The first-order chi connectivity index (χ1) is 12.8. The Kier molecular flexibility index (Phi) is 6.85. The first kappa shape index (κ1) is 20.3. The van der Waals surface area contributed by atoms with E-state index in [0.717, 1.165) is 6.07 Å². The van der Waals surface area contributed by atoms with Crippen molar-refractivity contribution in [3.63, 3.8) is 0 Å². The van der Waals surface area contributed by atoms with Crippen molar-refractivity contribution in [2.75, 3.05) is 19.7 Å². The molecule has 2 aromatic carbocycles. The van der Waals surface area contributed by atoms with E-state index < -0.39 is 14.9 Å². The molecule has 2 rings (SSSR count). The molecule has 9 nitrogen and oxygen atoms in total. The monoisotopic (exact) mass is 393 g/mol. The van der Waals surface area contributed by atoms with E-state index in [1.807, 2.05) is 6.92 Å². The van der Waals surface area contributed by atoms with E-state index in [2.05, 4.69) is 10.0 Å². The molecule has 2 aromatic rings. The van der Waals surface area contributed by atoms with Crippen LogP contribution >= 0.6 is 0 Å². The summed E-state index contributed by atoms with van der Waals surface area (Å²) in [6.07, 6.45) is 0. The van der Waals surface area contributed by atoms with Crippen LogP contribution in [0.3, 0.4) is 0 Å². The number of nitro benzene ring substituents is 1. The predicted octanol–water partition coefficient (Wildman–Crippen LogP) is 1.70. The number of amides is 1. The molecule has 0 atom stereocenters. The van der Waals surface area contributed by atoms with E-state index in [4.69, 9.17) is 4.74 Å². The lowest BCUT2D eigenvalue weighted by molar-refractivity contribution is -0.385. The highest BCUT2D eigenvalue weighted by Crippen LogP contribution is 2.17. The Morgan fingerprint density at radius 1 is 1.15 bits per heavy atom. The number of hydrogen-bond donors (Lipinski definition) is 2. The van der Waals surface area contributed by atoms with Crippen molar-refractivity contribution in [2.45, 2.75) is 11.8 Å². The Morgan fingerprint density at radius 2 is 1.89 bits per heavy atom. The van der Waals surface area contributed by atoms with Crippen LogP contribution in [0.4, 0.5) is 5.69 Å². The largest absolute Gasteiger partial charge is 0.494 e. The maximum Gasteiger partial charge on any atom is 0.270 e. The molecule has 0 spiro atoms. The standard InChI is InChI=1S/C17H19N3O6S/c1-2-26-15-7-3-5-13(11-15)17(21)18-9-10-19-27(24,25)16-8-4-6-14(12-16)20(22)23/h3-8,11-12,19H,2,9-10H2,1H3,(H,18,21). The number of sulfonamides is 1. The normalized spacial score (nSPS) is 11.0. The Bertz CT molecular complexity index is 930. The van der Waals surface area contributed by atoms with Crippen LogP contribution in [-0.2, 0) is 10.0 Å². The topological polar surface area (TPSA) is 128 Å². The first-order valence-electron chi connectivity index (χ1n) is 8.08. The van der Waals surface area contributed by atoms with Crippen molar-refractivity contribution in [2.24, 2.45) is 0 Å². The molecule has 0 saturated heterocycles. The van der Waals surface area contributed by atoms with E-state index >= 15 is 0 Å². The first-order valence-corrected chi connectivity index (χ1v) is 9.57. The number of nitro groups is 1. The molecule has 0 radical (unpaired) electrons. The minimum atomic E-state index is -3.92. The molecule has 0 aliphatic rings. The third kappa shape index (κ3) is 5.76. The summed E-state index contributed by atoms with van der Waals surface area (Å²) in [7, 11) is -3.92. The molecule has 0 aliphatic carbocycles. The molecule has 144 valence electrons. The van der Waals surface area contributed by atoms with Crippen LogP contribution in [0.5, 0.6) is 5.75 Å². The summed E-state index contributed by atoms with van der Waals surface area (Å²) in [6.45, 7) is 2.29. The van der Waals surface area contributed by atoms with Gasteiger partial charge in [-0.3, -0.25) is 14.9 Å². The average Bonchev–Trinajstić information content (AvgIpc) is 2.65. The number of non-ortho nitro benzene ring substituents is 1. The Labute approximate surface area is 156 Å². The molecule has 0 fully saturated rings. The molecule has 1 amide bonds. The highest BCUT2D eigenvalue weighted by molar-refractivity contribution is 7.89. The Morgan fingerprint density at radius 3 is 2.59 bits per heavy atom. The number of nitrogens with zero attached hydrogens (tertiary/aromatic N) is 1. The molecule has 10 heteroatoms. The summed E-state index contributed by atoms with van der Waals surface area (Å²) >= 11 is 0. The third-order valence-electron chi connectivity index (χ3n) is 3.45. The van der Waals surface area contributed by atoms with Gasteiger partial charge in [0.05, 0.1) is 16.4 Å². The molecule has 0 aromatic heterocycles. The van der Waals surface area contributed by atoms with Gasteiger partial charge in [0.1, 0.15) is 5.75 Å². The zero-order valence-corrected chi connectivity index (χ0v) is 15.4. The minimum Gasteiger partial charge on any atom is -0.494 e. The second kappa shape index (κ2) is 9.10. The third-order valence-corrected chi connectivity index (χ3v) is 4.91. The Balaban J connectivity index is 1.90. The average molecular weight is 393 g/mol. The second-order valence-corrected chi connectivity index (χ2v) is 7.14. The molecule has 0 bridgehead atoms. The minimum absolute atomic E-state index is 0.0475. The molecular formula is C17H19N3O6S. The van der Waals surface area contributed by atoms with Crippen LogP contribution in [-0.4, -0.2) is 38.9 Å². The lowest BCUT2D eigenvalue weighted by atomic mass is 10.2. The maximum absolute atomic E-state index is 12.2. The summed E-state index contributed by atoms with van der Waals surface area (Å²) in [5.41, 5.74) is 0.0721. The highest BCUT2D eigenvalue weighted by atomic mass is 32.2. The van der Waals surface area contributed by atoms with Gasteiger partial charge < -0.3 is 10.1 Å². The van der Waals surface area contributed by atoms with E-state index in [-0.39, 0.29) is 29.6 Å². The molecule has 27 heavy (non-hydrogen) atoms. The highest BCUT2D eigenvalue weighted by Gasteiger charge is 2.17. The van der Waals surface area contributed by atoms with Crippen molar-refractivity contribution in [1.82, 2.24) is 10.0 Å². The molecular weight excluding hydrogens is 374 g/mol. The molecule has 0 saturated carbocycles. The SMILES string of the molecule is CCOc1cccc(C(=O)NCCNS(=O)(=O)c2cccc([N+](=O)[O-])c2)c1. The number of nitrogens with one attached hydrogen (secondary N) is 2. The molecule has 2 N–H and O–H groups in total. The van der Waals surface area contributed by atoms with Crippen molar-refractivity contribution in [3.05, 3.63) is 64.2 Å². The summed E-state index contributed by atoms with van der Waals surface area (Å²) in [4.78, 5) is 22.0. The van der Waals surface area contributed by atoms with Crippen LogP contribution in [0.15, 0.2) is 53.4 Å². The lowest BCUT2D eigenvalue weighted by Gasteiger charge is -2.09. The fraction of sp³-hybridized carbons (Fsp3) is 0.235. The van der Waals surface area contributed by atoms with Gasteiger partial charge in [-0.25, -0.2) is 13.1 Å². The Hall–Kier alpha value is -2.98. The molecule has 0 heterocycles. The van der Waals surface area contributed by atoms with Crippen molar-refractivity contribution in [1.29, 1.82) is 0 Å².